The van der Waals surface area contributed by atoms with Crippen LogP contribution >= 0.6 is 0 Å². The van der Waals surface area contributed by atoms with Gasteiger partial charge in [-0.25, -0.2) is 4.98 Å². The van der Waals surface area contributed by atoms with Crippen LogP contribution in [0, 0.1) is 20.8 Å². The molecule has 1 fully saturated rings. The third-order valence-electron chi connectivity index (χ3n) is 7.28. The third-order valence-corrected chi connectivity index (χ3v) is 7.28. The maximum absolute atomic E-state index is 13.8. The van der Waals surface area contributed by atoms with Gasteiger partial charge in [0.2, 0.25) is 5.89 Å². The molecule has 0 saturated carbocycles. The average Bonchev–Trinajstić information content (AvgIpc) is 3.50. The molecular formula is C28H34N6O4. The van der Waals surface area contributed by atoms with Gasteiger partial charge in [0.25, 0.3) is 11.5 Å². The number of aromatic nitrogens is 4. The minimum absolute atomic E-state index is 0.105. The summed E-state index contributed by atoms with van der Waals surface area (Å²) in [4.78, 5) is 36.2. The normalized spacial score (nSPS) is 14.2. The second kappa shape index (κ2) is 10.4. The number of benzene rings is 1. The van der Waals surface area contributed by atoms with Gasteiger partial charge < -0.3 is 24.4 Å². The lowest BCUT2D eigenvalue weighted by Crippen LogP contribution is -2.40. The first-order valence-electron chi connectivity index (χ1n) is 13.0. The van der Waals surface area contributed by atoms with Gasteiger partial charge in [-0.1, -0.05) is 0 Å². The van der Waals surface area contributed by atoms with E-state index in [2.05, 4.69) is 27.2 Å². The summed E-state index contributed by atoms with van der Waals surface area (Å²) < 4.78 is 13.4. The molecule has 38 heavy (non-hydrogen) atoms. The number of hydrogen-bond acceptors (Lipinski definition) is 7. The number of nitrogens with zero attached hydrogens (tertiary/aromatic N) is 4. The lowest BCUT2D eigenvalue weighted by molar-refractivity contribution is 0.0846. The maximum Gasteiger partial charge on any atom is 0.254 e. The molecule has 5 rings (SSSR count). The minimum Gasteiger partial charge on any atom is -0.435 e. The molecule has 3 aromatic heterocycles. The van der Waals surface area contributed by atoms with E-state index >= 15 is 0 Å². The van der Waals surface area contributed by atoms with Crippen molar-refractivity contribution in [1.29, 1.82) is 0 Å². The lowest BCUT2D eigenvalue weighted by Gasteiger charge is -2.36. The first kappa shape index (κ1) is 25.7. The molecule has 1 aromatic carbocycles. The number of H-pyrrole nitrogens is 1. The van der Waals surface area contributed by atoms with E-state index in [9.17, 15) is 9.59 Å². The number of fused-ring (bicyclic) bond motifs is 1. The van der Waals surface area contributed by atoms with Crippen molar-refractivity contribution in [1.82, 2.24) is 25.1 Å². The highest BCUT2D eigenvalue weighted by molar-refractivity contribution is 6.08. The summed E-state index contributed by atoms with van der Waals surface area (Å²) in [5.41, 5.74) is 5.72. The number of anilines is 1. The summed E-state index contributed by atoms with van der Waals surface area (Å²) in [6, 6.07) is 6.00. The zero-order chi connectivity index (χ0) is 27.0. The highest BCUT2D eigenvalue weighted by atomic mass is 16.5. The van der Waals surface area contributed by atoms with Gasteiger partial charge in [-0.05, 0) is 63.8 Å². The first-order chi connectivity index (χ1) is 18.3. The van der Waals surface area contributed by atoms with Gasteiger partial charge in [0.1, 0.15) is 11.2 Å². The van der Waals surface area contributed by atoms with Crippen LogP contribution in [0.5, 0.6) is 0 Å². The van der Waals surface area contributed by atoms with Crippen LogP contribution in [0.3, 0.4) is 0 Å². The average molecular weight is 519 g/mol. The number of amides is 1. The van der Waals surface area contributed by atoms with Crippen LogP contribution < -0.4 is 15.8 Å². The summed E-state index contributed by atoms with van der Waals surface area (Å²) in [5.74, 6) is 0.0452. The Morgan fingerprint density at radius 1 is 1.24 bits per heavy atom. The molecule has 4 heterocycles. The van der Waals surface area contributed by atoms with Crippen molar-refractivity contribution in [2.24, 2.45) is 7.05 Å². The standard InChI is InChI=1S/C28H34N6O4/c1-6-34(19-8-11-37-12-9-19)22-14-23-25(31-28(38-23)21-7-10-33(5)32-21)24(18(22)4)27(36)29-15-20-16(2)13-17(3)30-26(20)35/h7,10,13-14,19H,6,8-9,11-12,15H2,1-5H3,(H,29,36)(H,30,35). The molecule has 0 radical (unpaired) electrons. The molecule has 0 bridgehead atoms. The SMILES string of the molecule is CCN(c1cc2oc(-c3ccn(C)n3)nc2c(C(=O)NCc2c(C)cc(C)[nH]c2=O)c1C)C1CCOCC1. The Labute approximate surface area is 221 Å². The molecule has 0 aliphatic carbocycles. The Hall–Kier alpha value is -3.92. The van der Waals surface area contributed by atoms with E-state index in [0.717, 1.165) is 41.9 Å². The van der Waals surface area contributed by atoms with Crippen LogP contribution in [-0.2, 0) is 18.3 Å². The number of aryl methyl sites for hydroxylation is 3. The molecule has 1 amide bonds. The van der Waals surface area contributed by atoms with Crippen LogP contribution in [-0.4, -0.2) is 51.5 Å². The minimum atomic E-state index is -0.308. The summed E-state index contributed by atoms with van der Waals surface area (Å²) in [7, 11) is 1.83. The van der Waals surface area contributed by atoms with Gasteiger partial charge in [-0.3, -0.25) is 14.3 Å². The molecule has 1 aliphatic heterocycles. The zero-order valence-corrected chi connectivity index (χ0v) is 22.6. The Morgan fingerprint density at radius 2 is 2.00 bits per heavy atom. The number of pyridine rings is 1. The second-order valence-corrected chi connectivity index (χ2v) is 9.89. The number of hydrogen-bond donors (Lipinski definition) is 2. The Kier molecular flexibility index (Phi) is 7.07. The van der Waals surface area contributed by atoms with E-state index < -0.39 is 0 Å². The molecule has 0 atom stereocenters. The maximum atomic E-state index is 13.8. The molecule has 0 spiro atoms. The molecule has 10 heteroatoms. The second-order valence-electron chi connectivity index (χ2n) is 9.89. The summed E-state index contributed by atoms with van der Waals surface area (Å²) in [6.45, 7) is 10.1. The number of rotatable bonds is 7. The van der Waals surface area contributed by atoms with Crippen molar-refractivity contribution in [3.05, 3.63) is 62.7 Å². The Morgan fingerprint density at radius 3 is 2.66 bits per heavy atom. The number of ether oxygens (including phenoxy) is 1. The van der Waals surface area contributed by atoms with Crippen LogP contribution in [0.15, 0.2) is 33.6 Å². The van der Waals surface area contributed by atoms with E-state index in [4.69, 9.17) is 14.1 Å². The van der Waals surface area contributed by atoms with Gasteiger partial charge >= 0.3 is 0 Å². The van der Waals surface area contributed by atoms with Gasteiger partial charge in [0.05, 0.1) is 5.56 Å². The van der Waals surface area contributed by atoms with Crippen molar-refractivity contribution in [3.8, 4) is 11.6 Å². The van der Waals surface area contributed by atoms with Crippen molar-refractivity contribution in [2.75, 3.05) is 24.7 Å². The van der Waals surface area contributed by atoms with Crippen molar-refractivity contribution in [2.45, 2.75) is 53.1 Å². The molecule has 1 aliphatic rings. The predicted octanol–water partition coefficient (Wildman–Crippen LogP) is 3.78. The van der Waals surface area contributed by atoms with Gasteiger partial charge in [-0.2, -0.15) is 5.10 Å². The molecule has 2 N–H and O–H groups in total. The largest absolute Gasteiger partial charge is 0.435 e. The summed E-state index contributed by atoms with van der Waals surface area (Å²) in [5, 5.41) is 7.39. The van der Waals surface area contributed by atoms with E-state index in [1.807, 2.05) is 52.2 Å². The predicted molar refractivity (Wildman–Crippen MR) is 146 cm³/mol. The van der Waals surface area contributed by atoms with Gasteiger partial charge in [0, 0.05) is 68.6 Å². The number of carbonyl (C=O) groups excluding carboxylic acids is 1. The number of nitrogens with one attached hydrogen (secondary N) is 2. The lowest BCUT2D eigenvalue weighted by atomic mass is 9.99. The topological polar surface area (TPSA) is 118 Å². The van der Waals surface area contributed by atoms with E-state index in [-0.39, 0.29) is 18.0 Å². The number of carbonyl (C=O) groups is 1. The number of oxazole rings is 1. The van der Waals surface area contributed by atoms with E-state index in [0.29, 0.717) is 53.1 Å². The van der Waals surface area contributed by atoms with Crippen LogP contribution in [0.1, 0.15) is 52.5 Å². The van der Waals surface area contributed by atoms with Crippen LogP contribution in [0.2, 0.25) is 0 Å². The van der Waals surface area contributed by atoms with Crippen LogP contribution in [0.25, 0.3) is 22.7 Å². The highest BCUT2D eigenvalue weighted by Gasteiger charge is 2.28. The van der Waals surface area contributed by atoms with Crippen molar-refractivity contribution < 1.29 is 13.9 Å². The van der Waals surface area contributed by atoms with Crippen molar-refractivity contribution in [3.63, 3.8) is 0 Å². The Bertz CT molecular complexity index is 1540. The monoisotopic (exact) mass is 518 g/mol. The summed E-state index contributed by atoms with van der Waals surface area (Å²) >= 11 is 0. The van der Waals surface area contributed by atoms with Gasteiger partial charge in [0.15, 0.2) is 5.58 Å². The van der Waals surface area contributed by atoms with Crippen molar-refractivity contribution >= 4 is 22.7 Å². The van der Waals surface area contributed by atoms with E-state index in [1.165, 1.54) is 0 Å². The smallest absolute Gasteiger partial charge is 0.254 e. The molecular weight excluding hydrogens is 484 g/mol. The first-order valence-corrected chi connectivity index (χ1v) is 13.0. The number of aromatic amines is 1. The van der Waals surface area contributed by atoms with E-state index in [1.54, 1.807) is 4.68 Å². The zero-order valence-electron chi connectivity index (χ0n) is 22.6. The quantitative estimate of drug-likeness (QED) is 0.382. The summed E-state index contributed by atoms with van der Waals surface area (Å²) in [6.07, 6.45) is 3.65. The van der Waals surface area contributed by atoms with Crippen LogP contribution in [0.4, 0.5) is 5.69 Å². The highest BCUT2D eigenvalue weighted by Crippen LogP contribution is 2.35. The Balaban J connectivity index is 1.59. The fourth-order valence-corrected chi connectivity index (χ4v) is 5.34. The fourth-order valence-electron chi connectivity index (χ4n) is 5.34. The molecule has 4 aromatic rings. The van der Waals surface area contributed by atoms with Gasteiger partial charge in [-0.15, -0.1) is 0 Å². The molecule has 200 valence electrons. The molecule has 1 saturated heterocycles. The molecule has 0 unspecified atom stereocenters. The molecule has 10 nitrogen and oxygen atoms in total. The third kappa shape index (κ3) is 4.83. The fraction of sp³-hybridized carbons (Fsp3) is 0.429.